The van der Waals surface area contributed by atoms with Crippen LogP contribution in [0.3, 0.4) is 0 Å². The van der Waals surface area contributed by atoms with E-state index in [2.05, 4.69) is 0 Å². The predicted molar refractivity (Wildman–Crippen MR) is 105 cm³/mol. The number of carboxylic acid groups (broad SMARTS) is 1. The Morgan fingerprint density at radius 1 is 1.26 bits per heavy atom. The Morgan fingerprint density at radius 2 is 2.04 bits per heavy atom. The number of nitrogens with zero attached hydrogens (tertiary/aromatic N) is 1. The van der Waals surface area contributed by atoms with Crippen molar-refractivity contribution in [1.82, 2.24) is 4.90 Å². The molecule has 1 aliphatic rings. The highest BCUT2D eigenvalue weighted by atomic mass is 32.2. The van der Waals surface area contributed by atoms with Crippen LogP contribution in [0.25, 0.3) is 6.08 Å². The van der Waals surface area contributed by atoms with E-state index in [4.69, 9.17) is 22.1 Å². The SMILES string of the molecule is O=C(O)CN1C(=O)C(=Cc2cccc(OCc3ccccc3F)c2)SC1=S. The molecule has 0 atom stereocenters. The minimum atomic E-state index is -1.13. The summed E-state index contributed by atoms with van der Waals surface area (Å²) in [5.74, 6) is -1.38. The Labute approximate surface area is 164 Å². The lowest BCUT2D eigenvalue weighted by Crippen LogP contribution is -2.33. The van der Waals surface area contributed by atoms with E-state index in [-0.39, 0.29) is 16.7 Å². The van der Waals surface area contributed by atoms with Crippen LogP contribution >= 0.6 is 24.0 Å². The fourth-order valence-corrected chi connectivity index (χ4v) is 3.65. The molecule has 0 aromatic heterocycles. The molecule has 0 saturated carbocycles. The van der Waals surface area contributed by atoms with Gasteiger partial charge >= 0.3 is 5.97 Å². The maximum Gasteiger partial charge on any atom is 0.323 e. The summed E-state index contributed by atoms with van der Waals surface area (Å²) < 4.78 is 19.5. The fourth-order valence-electron chi connectivity index (χ4n) is 2.39. The molecule has 27 heavy (non-hydrogen) atoms. The van der Waals surface area contributed by atoms with E-state index in [0.29, 0.717) is 21.8 Å². The van der Waals surface area contributed by atoms with Gasteiger partial charge in [0.05, 0.1) is 4.91 Å². The van der Waals surface area contributed by atoms with Crippen LogP contribution in [-0.4, -0.2) is 32.7 Å². The number of thiocarbonyl (C=S) groups is 1. The van der Waals surface area contributed by atoms with Gasteiger partial charge in [0.2, 0.25) is 0 Å². The lowest BCUT2D eigenvalue weighted by molar-refractivity contribution is -0.140. The first kappa shape index (κ1) is 19.1. The highest BCUT2D eigenvalue weighted by Crippen LogP contribution is 2.32. The number of thioether (sulfide) groups is 1. The maximum atomic E-state index is 13.7. The van der Waals surface area contributed by atoms with Crippen LogP contribution < -0.4 is 4.74 Å². The summed E-state index contributed by atoms with van der Waals surface area (Å²) in [4.78, 5) is 24.5. The molecule has 3 rings (SSSR count). The molecule has 5 nitrogen and oxygen atoms in total. The first-order valence-electron chi connectivity index (χ1n) is 7.87. The molecular weight excluding hydrogens is 389 g/mol. The number of carboxylic acids is 1. The second kappa shape index (κ2) is 8.32. The summed E-state index contributed by atoms with van der Waals surface area (Å²) in [6, 6.07) is 13.3. The van der Waals surface area contributed by atoms with Crippen molar-refractivity contribution >= 4 is 46.3 Å². The van der Waals surface area contributed by atoms with E-state index in [0.717, 1.165) is 16.7 Å². The third kappa shape index (κ3) is 4.72. The molecule has 2 aromatic carbocycles. The van der Waals surface area contributed by atoms with Gasteiger partial charge in [0.1, 0.15) is 29.0 Å². The third-order valence-electron chi connectivity index (χ3n) is 3.67. The number of ether oxygens (including phenoxy) is 1. The van der Waals surface area contributed by atoms with E-state index in [1.165, 1.54) is 6.07 Å². The van der Waals surface area contributed by atoms with Crippen molar-refractivity contribution < 1.29 is 23.8 Å². The molecule has 0 spiro atoms. The number of hydrogen-bond donors (Lipinski definition) is 1. The molecule has 1 N–H and O–H groups in total. The molecular formula is C19H14FNO4S2. The first-order valence-corrected chi connectivity index (χ1v) is 9.10. The minimum absolute atomic E-state index is 0.0802. The molecule has 1 fully saturated rings. The van der Waals surface area contributed by atoms with Crippen molar-refractivity contribution in [2.24, 2.45) is 0 Å². The Bertz CT molecular complexity index is 945. The van der Waals surface area contributed by atoms with E-state index in [1.807, 2.05) is 0 Å². The molecule has 2 aromatic rings. The Balaban J connectivity index is 1.73. The molecule has 1 amide bonds. The van der Waals surface area contributed by atoms with E-state index in [1.54, 1.807) is 48.5 Å². The molecule has 1 aliphatic heterocycles. The average molecular weight is 403 g/mol. The lowest BCUT2D eigenvalue weighted by Gasteiger charge is -2.10. The monoisotopic (exact) mass is 403 g/mol. The van der Waals surface area contributed by atoms with Crippen LogP contribution in [0.5, 0.6) is 5.75 Å². The topological polar surface area (TPSA) is 66.8 Å². The summed E-state index contributed by atoms with van der Waals surface area (Å²) >= 11 is 6.12. The van der Waals surface area contributed by atoms with Crippen LogP contribution in [0, 0.1) is 5.82 Å². The quantitative estimate of drug-likeness (QED) is 0.586. The van der Waals surface area contributed by atoms with Crippen molar-refractivity contribution in [3.8, 4) is 5.75 Å². The zero-order chi connectivity index (χ0) is 19.4. The highest BCUT2D eigenvalue weighted by molar-refractivity contribution is 8.26. The van der Waals surface area contributed by atoms with Gasteiger partial charge in [-0.3, -0.25) is 14.5 Å². The Kier molecular flexibility index (Phi) is 5.88. The van der Waals surface area contributed by atoms with Crippen molar-refractivity contribution in [2.75, 3.05) is 6.54 Å². The third-order valence-corrected chi connectivity index (χ3v) is 5.05. The number of amides is 1. The number of carbonyl (C=O) groups excluding carboxylic acids is 1. The van der Waals surface area contributed by atoms with Gasteiger partial charge in [-0.1, -0.05) is 54.3 Å². The summed E-state index contributed by atoms with van der Waals surface area (Å²) in [7, 11) is 0. The van der Waals surface area contributed by atoms with Gasteiger partial charge in [0.15, 0.2) is 0 Å². The fraction of sp³-hybridized carbons (Fsp3) is 0.105. The number of rotatable bonds is 6. The number of benzene rings is 2. The smallest absolute Gasteiger partial charge is 0.323 e. The van der Waals surface area contributed by atoms with Crippen molar-refractivity contribution in [3.63, 3.8) is 0 Å². The number of aliphatic carboxylic acids is 1. The van der Waals surface area contributed by atoms with Gasteiger partial charge in [0.25, 0.3) is 5.91 Å². The van der Waals surface area contributed by atoms with Gasteiger partial charge < -0.3 is 9.84 Å². The molecule has 1 saturated heterocycles. The van der Waals surface area contributed by atoms with Crippen LogP contribution in [0.2, 0.25) is 0 Å². The zero-order valence-electron chi connectivity index (χ0n) is 13.9. The standard InChI is InChI=1S/C19H14FNO4S2/c20-15-7-2-1-5-13(15)11-25-14-6-3-4-12(8-14)9-16-18(24)21(10-17(22)23)19(26)27-16/h1-9H,10-11H2,(H,22,23). The number of carbonyl (C=O) groups is 2. The number of halogens is 1. The largest absolute Gasteiger partial charge is 0.489 e. The van der Waals surface area contributed by atoms with Gasteiger partial charge in [-0.05, 0) is 29.8 Å². The molecule has 138 valence electrons. The summed E-state index contributed by atoms with van der Waals surface area (Å²) in [6.45, 7) is -0.384. The van der Waals surface area contributed by atoms with Crippen molar-refractivity contribution in [1.29, 1.82) is 0 Å². The molecule has 1 heterocycles. The molecule has 8 heteroatoms. The van der Waals surface area contributed by atoms with Crippen LogP contribution in [0.1, 0.15) is 11.1 Å². The van der Waals surface area contributed by atoms with Gasteiger partial charge in [-0.15, -0.1) is 0 Å². The van der Waals surface area contributed by atoms with Gasteiger partial charge in [-0.25, -0.2) is 4.39 Å². The first-order chi connectivity index (χ1) is 12.9. The van der Waals surface area contributed by atoms with Crippen molar-refractivity contribution in [2.45, 2.75) is 6.61 Å². The number of hydrogen-bond acceptors (Lipinski definition) is 5. The minimum Gasteiger partial charge on any atom is -0.489 e. The predicted octanol–water partition coefficient (Wildman–Crippen LogP) is 3.69. The van der Waals surface area contributed by atoms with Crippen molar-refractivity contribution in [3.05, 3.63) is 70.4 Å². The summed E-state index contributed by atoms with van der Waals surface area (Å²) in [5, 5.41) is 8.87. The second-order valence-corrected chi connectivity index (χ2v) is 7.29. The van der Waals surface area contributed by atoms with Gasteiger partial charge in [-0.2, -0.15) is 0 Å². The molecule has 0 bridgehead atoms. The van der Waals surface area contributed by atoms with Crippen LogP contribution in [0.15, 0.2) is 53.4 Å². The zero-order valence-corrected chi connectivity index (χ0v) is 15.6. The van der Waals surface area contributed by atoms with Crippen LogP contribution in [0.4, 0.5) is 4.39 Å². The summed E-state index contributed by atoms with van der Waals surface area (Å²) in [5.41, 5.74) is 1.13. The maximum absolute atomic E-state index is 13.7. The molecule has 0 unspecified atom stereocenters. The highest BCUT2D eigenvalue weighted by Gasteiger charge is 2.33. The van der Waals surface area contributed by atoms with E-state index >= 15 is 0 Å². The molecule has 0 radical (unpaired) electrons. The van der Waals surface area contributed by atoms with E-state index in [9.17, 15) is 14.0 Å². The average Bonchev–Trinajstić information content (AvgIpc) is 2.88. The second-order valence-electron chi connectivity index (χ2n) is 5.61. The lowest BCUT2D eigenvalue weighted by atomic mass is 10.2. The molecule has 0 aliphatic carbocycles. The van der Waals surface area contributed by atoms with E-state index < -0.39 is 18.4 Å². The van der Waals surface area contributed by atoms with Gasteiger partial charge in [0, 0.05) is 5.56 Å². The Morgan fingerprint density at radius 3 is 2.78 bits per heavy atom. The van der Waals surface area contributed by atoms with Crippen LogP contribution in [-0.2, 0) is 16.2 Å². The Hall–Kier alpha value is -2.71. The summed E-state index contributed by atoms with van der Waals surface area (Å²) in [6.07, 6.45) is 1.62. The normalized spacial score (nSPS) is 15.4.